The van der Waals surface area contributed by atoms with E-state index in [-0.39, 0.29) is 11.9 Å². The van der Waals surface area contributed by atoms with Gasteiger partial charge < -0.3 is 8.85 Å². The van der Waals surface area contributed by atoms with Crippen molar-refractivity contribution in [2.45, 2.75) is 46.2 Å². The molecule has 0 aliphatic rings. The summed E-state index contributed by atoms with van der Waals surface area (Å²) in [7, 11) is -3.92. The highest BCUT2D eigenvalue weighted by molar-refractivity contribution is 6.71. The Morgan fingerprint density at radius 2 is 1.10 bits per heavy atom. The van der Waals surface area contributed by atoms with Crippen LogP contribution < -0.4 is 0 Å². The number of hydrogen-bond donors (Lipinski definition) is 0. The van der Waals surface area contributed by atoms with Gasteiger partial charge in [0.25, 0.3) is 0 Å². The van der Waals surface area contributed by atoms with E-state index in [9.17, 15) is 9.59 Å². The van der Waals surface area contributed by atoms with Crippen LogP contribution in [0.2, 0.25) is 39.3 Å². The Morgan fingerprint density at radius 1 is 0.762 bits per heavy atom. The molecule has 0 spiro atoms. The van der Waals surface area contributed by atoms with Gasteiger partial charge in [-0.15, -0.1) is 0 Å². The Balaban J connectivity index is 3.05. The van der Waals surface area contributed by atoms with Gasteiger partial charge in [-0.1, -0.05) is 0 Å². The van der Waals surface area contributed by atoms with Gasteiger partial charge in [-0.25, -0.2) is 9.59 Å². The van der Waals surface area contributed by atoms with Gasteiger partial charge in [0.05, 0.1) is 11.1 Å². The summed E-state index contributed by atoms with van der Waals surface area (Å²) in [5.74, 6) is -0.750. The lowest BCUT2D eigenvalue weighted by Gasteiger charge is -2.19. The molecule has 0 bridgehead atoms. The summed E-state index contributed by atoms with van der Waals surface area (Å²) in [6.45, 7) is 13.5. The quantitative estimate of drug-likeness (QED) is 0.786. The number of carbonyl (C=O) groups excluding carboxylic acids is 2. The summed E-state index contributed by atoms with van der Waals surface area (Å²) < 4.78 is 10.9. The number of hydrogen-bond acceptors (Lipinski definition) is 4. The zero-order chi connectivity index (χ0) is 16.4. The third kappa shape index (κ3) is 6.26. The first-order chi connectivity index (χ1) is 9.37. The normalized spacial score (nSPS) is 12.0. The maximum Gasteiger partial charge on any atom is 0.324 e. The molecule has 0 saturated heterocycles. The SMILES string of the molecule is Cc1cc(C(=O)O[Si](C)(C)C)cc(C(=O)O[Si](C)(C)C)c1. The van der Waals surface area contributed by atoms with Gasteiger partial charge >= 0.3 is 11.9 Å². The Labute approximate surface area is 128 Å². The standard InChI is InChI=1S/C15H24O4Si2/c1-11-8-12(14(16)18-20(2,3)4)10-13(9-11)15(17)19-21(5,6)7/h8-10H,1-7H3. The highest BCUT2D eigenvalue weighted by Gasteiger charge is 2.24. The van der Waals surface area contributed by atoms with E-state index in [0.717, 1.165) is 5.56 Å². The van der Waals surface area contributed by atoms with Crippen LogP contribution in [0.4, 0.5) is 0 Å². The topological polar surface area (TPSA) is 52.6 Å². The maximum absolute atomic E-state index is 12.1. The predicted octanol–water partition coefficient (Wildman–Crippen LogP) is 3.98. The molecule has 0 fully saturated rings. The molecule has 0 atom stereocenters. The van der Waals surface area contributed by atoms with Crippen LogP contribution in [0.15, 0.2) is 18.2 Å². The predicted molar refractivity (Wildman–Crippen MR) is 88.7 cm³/mol. The van der Waals surface area contributed by atoms with Gasteiger partial charge in [-0.3, -0.25) is 0 Å². The fourth-order valence-corrected chi connectivity index (χ4v) is 3.04. The first-order valence-electron chi connectivity index (χ1n) is 6.96. The van der Waals surface area contributed by atoms with E-state index in [0.29, 0.717) is 11.1 Å². The summed E-state index contributed by atoms with van der Waals surface area (Å²) in [5.41, 5.74) is 1.64. The average molecular weight is 325 g/mol. The van der Waals surface area contributed by atoms with Crippen LogP contribution in [-0.2, 0) is 8.85 Å². The Bertz CT molecular complexity index is 508. The number of rotatable bonds is 4. The summed E-state index contributed by atoms with van der Waals surface area (Å²) in [6.07, 6.45) is 0. The molecule has 0 aliphatic carbocycles. The highest BCUT2D eigenvalue weighted by Crippen LogP contribution is 2.16. The molecular formula is C15H24O4Si2. The van der Waals surface area contributed by atoms with Crippen LogP contribution in [0.25, 0.3) is 0 Å². The number of aryl methyl sites for hydroxylation is 1. The molecule has 116 valence electrons. The lowest BCUT2D eigenvalue weighted by molar-refractivity contribution is 0.0723. The summed E-state index contributed by atoms with van der Waals surface area (Å²) in [5, 5.41) is 0. The largest absolute Gasteiger partial charge is 0.516 e. The van der Waals surface area contributed by atoms with Crippen LogP contribution in [0.5, 0.6) is 0 Å². The second-order valence-corrected chi connectivity index (χ2v) is 15.9. The van der Waals surface area contributed by atoms with Crippen molar-refractivity contribution in [2.24, 2.45) is 0 Å². The first kappa shape index (κ1) is 17.6. The molecule has 4 nitrogen and oxygen atoms in total. The van der Waals surface area contributed by atoms with E-state index in [1.165, 1.54) is 0 Å². The van der Waals surface area contributed by atoms with Crippen molar-refractivity contribution < 1.29 is 18.4 Å². The van der Waals surface area contributed by atoms with Crippen LogP contribution >= 0.6 is 0 Å². The first-order valence-corrected chi connectivity index (χ1v) is 13.8. The molecule has 1 aromatic carbocycles. The van der Waals surface area contributed by atoms with Gasteiger partial charge in [0.1, 0.15) is 0 Å². The minimum atomic E-state index is -1.96. The Morgan fingerprint density at radius 3 is 1.38 bits per heavy atom. The van der Waals surface area contributed by atoms with Crippen LogP contribution in [0, 0.1) is 6.92 Å². The van der Waals surface area contributed by atoms with E-state index in [4.69, 9.17) is 8.85 Å². The molecule has 21 heavy (non-hydrogen) atoms. The van der Waals surface area contributed by atoms with E-state index in [1.54, 1.807) is 18.2 Å². The second kappa shape index (κ2) is 6.15. The fourth-order valence-electron chi connectivity index (χ4n) is 1.69. The van der Waals surface area contributed by atoms with Gasteiger partial charge in [-0.2, -0.15) is 0 Å². The molecule has 0 heterocycles. The van der Waals surface area contributed by atoms with Gasteiger partial charge in [-0.05, 0) is 70.0 Å². The van der Waals surface area contributed by atoms with E-state index in [2.05, 4.69) is 0 Å². The lowest BCUT2D eigenvalue weighted by Crippen LogP contribution is -2.30. The van der Waals surface area contributed by atoms with E-state index in [1.807, 2.05) is 46.2 Å². The number of benzene rings is 1. The zero-order valence-corrected chi connectivity index (χ0v) is 15.9. The lowest BCUT2D eigenvalue weighted by atomic mass is 10.1. The van der Waals surface area contributed by atoms with Crippen molar-refractivity contribution in [3.63, 3.8) is 0 Å². The van der Waals surface area contributed by atoms with Gasteiger partial charge in [0.15, 0.2) is 0 Å². The third-order valence-electron chi connectivity index (χ3n) is 2.35. The van der Waals surface area contributed by atoms with Crippen molar-refractivity contribution in [1.82, 2.24) is 0 Å². The maximum atomic E-state index is 12.1. The average Bonchev–Trinajstić information content (AvgIpc) is 2.23. The minimum Gasteiger partial charge on any atom is -0.516 e. The Hall–Kier alpha value is -1.41. The van der Waals surface area contributed by atoms with Crippen molar-refractivity contribution in [3.8, 4) is 0 Å². The zero-order valence-electron chi connectivity index (χ0n) is 13.9. The molecule has 1 aromatic rings. The summed E-state index contributed by atoms with van der Waals surface area (Å²) in [4.78, 5) is 24.3. The summed E-state index contributed by atoms with van der Waals surface area (Å²) >= 11 is 0. The van der Waals surface area contributed by atoms with Gasteiger partial charge in [0.2, 0.25) is 16.6 Å². The molecule has 0 aromatic heterocycles. The molecule has 0 amide bonds. The second-order valence-electron chi connectivity index (χ2n) is 7.09. The molecule has 1 rings (SSSR count). The molecule has 0 radical (unpaired) electrons. The highest BCUT2D eigenvalue weighted by atomic mass is 28.4. The third-order valence-corrected chi connectivity index (χ3v) is 3.94. The molecule has 0 saturated carbocycles. The monoisotopic (exact) mass is 324 g/mol. The Kier molecular flexibility index (Phi) is 5.17. The van der Waals surface area contributed by atoms with E-state index >= 15 is 0 Å². The van der Waals surface area contributed by atoms with Crippen LogP contribution in [-0.4, -0.2) is 28.6 Å². The van der Waals surface area contributed by atoms with Crippen molar-refractivity contribution in [1.29, 1.82) is 0 Å². The van der Waals surface area contributed by atoms with Crippen molar-refractivity contribution in [2.75, 3.05) is 0 Å². The van der Waals surface area contributed by atoms with E-state index < -0.39 is 16.6 Å². The van der Waals surface area contributed by atoms with Gasteiger partial charge in [0, 0.05) is 0 Å². The summed E-state index contributed by atoms with van der Waals surface area (Å²) in [6, 6.07) is 5.01. The minimum absolute atomic E-state index is 0.375. The molecule has 0 aliphatic heterocycles. The molecular weight excluding hydrogens is 300 g/mol. The smallest absolute Gasteiger partial charge is 0.324 e. The molecule has 0 N–H and O–H groups in total. The fraction of sp³-hybridized carbons (Fsp3) is 0.467. The number of carbonyl (C=O) groups is 2. The van der Waals surface area contributed by atoms with Crippen LogP contribution in [0.3, 0.4) is 0 Å². The molecule has 6 heteroatoms. The van der Waals surface area contributed by atoms with Crippen molar-refractivity contribution in [3.05, 3.63) is 34.9 Å². The van der Waals surface area contributed by atoms with Crippen LogP contribution in [0.1, 0.15) is 26.3 Å². The van der Waals surface area contributed by atoms with Crippen molar-refractivity contribution >= 4 is 28.6 Å². The molecule has 0 unspecified atom stereocenters.